The zero-order chi connectivity index (χ0) is 20.3. The molecule has 3 rings (SSSR count). The van der Waals surface area contributed by atoms with Gasteiger partial charge in [-0.05, 0) is 50.2 Å². The summed E-state index contributed by atoms with van der Waals surface area (Å²) in [6.45, 7) is 2.99. The minimum atomic E-state index is -3.75. The van der Waals surface area contributed by atoms with Gasteiger partial charge in [-0.25, -0.2) is 17.9 Å². The lowest BCUT2D eigenvalue weighted by atomic mass is 10.1. The molecule has 2 aromatic rings. The van der Waals surface area contributed by atoms with Crippen molar-refractivity contribution in [2.24, 2.45) is 0 Å². The van der Waals surface area contributed by atoms with Crippen LogP contribution in [0.1, 0.15) is 34.6 Å². The van der Waals surface area contributed by atoms with Gasteiger partial charge in [0, 0.05) is 11.6 Å². The minimum Gasteiger partial charge on any atom is -0.454 e. The Kier molecular flexibility index (Phi) is 5.66. The average molecular weight is 405 g/mol. The van der Waals surface area contributed by atoms with E-state index in [1.54, 1.807) is 26.0 Å². The summed E-state index contributed by atoms with van der Waals surface area (Å²) >= 11 is 0. The number of ether oxygens (including phenoxy) is 3. The highest BCUT2D eigenvalue weighted by atomic mass is 32.2. The summed E-state index contributed by atoms with van der Waals surface area (Å²) in [4.78, 5) is 24.4. The van der Waals surface area contributed by atoms with Gasteiger partial charge in [0.25, 0.3) is 0 Å². The highest BCUT2D eigenvalue weighted by Crippen LogP contribution is 2.32. The maximum atomic E-state index is 12.2. The quantitative estimate of drug-likeness (QED) is 0.555. The number of ketones is 1. The van der Waals surface area contributed by atoms with Gasteiger partial charge in [-0.15, -0.1) is 0 Å². The van der Waals surface area contributed by atoms with Crippen molar-refractivity contribution in [3.05, 3.63) is 53.6 Å². The third kappa shape index (κ3) is 4.49. The van der Waals surface area contributed by atoms with E-state index in [-0.39, 0.29) is 23.3 Å². The SMILES string of the molecule is CC(C)NS(=O)(=O)c1cccc(C(=O)OCC(=O)c2ccc3c(c2)OCO3)c1. The second kappa shape index (κ2) is 7.99. The molecular weight excluding hydrogens is 386 g/mol. The van der Waals surface area contributed by atoms with Gasteiger partial charge in [-0.1, -0.05) is 6.07 Å². The predicted octanol–water partition coefficient (Wildman–Crippen LogP) is 2.14. The van der Waals surface area contributed by atoms with Gasteiger partial charge in [-0.3, -0.25) is 4.79 Å². The van der Waals surface area contributed by atoms with Gasteiger partial charge in [-0.2, -0.15) is 0 Å². The minimum absolute atomic E-state index is 0.0325. The van der Waals surface area contributed by atoms with Gasteiger partial charge < -0.3 is 14.2 Å². The fraction of sp³-hybridized carbons (Fsp3) is 0.263. The molecule has 0 unspecified atom stereocenters. The van der Waals surface area contributed by atoms with Crippen molar-refractivity contribution in [1.29, 1.82) is 0 Å². The molecule has 1 heterocycles. The first kappa shape index (κ1) is 19.8. The van der Waals surface area contributed by atoms with Gasteiger partial charge in [0.15, 0.2) is 23.9 Å². The molecule has 0 bridgehead atoms. The zero-order valence-corrected chi connectivity index (χ0v) is 16.1. The smallest absolute Gasteiger partial charge is 0.338 e. The number of carbonyl (C=O) groups excluding carboxylic acids is 2. The normalized spacial score (nSPS) is 12.8. The lowest BCUT2D eigenvalue weighted by molar-refractivity contribution is 0.0474. The maximum Gasteiger partial charge on any atom is 0.338 e. The van der Waals surface area contributed by atoms with Crippen molar-refractivity contribution in [3.63, 3.8) is 0 Å². The predicted molar refractivity (Wildman–Crippen MR) is 99.1 cm³/mol. The summed E-state index contributed by atoms with van der Waals surface area (Å²) < 4.78 is 42.3. The van der Waals surface area contributed by atoms with Crippen LogP contribution >= 0.6 is 0 Å². The highest BCUT2D eigenvalue weighted by Gasteiger charge is 2.20. The molecule has 0 aromatic heterocycles. The zero-order valence-electron chi connectivity index (χ0n) is 15.3. The van der Waals surface area contributed by atoms with Gasteiger partial charge >= 0.3 is 5.97 Å². The number of hydrogen-bond acceptors (Lipinski definition) is 7. The number of sulfonamides is 1. The van der Waals surface area contributed by atoms with E-state index in [0.717, 1.165) is 0 Å². The molecule has 0 spiro atoms. The molecule has 0 fully saturated rings. The summed E-state index contributed by atoms with van der Waals surface area (Å²) in [5, 5.41) is 0. The van der Waals surface area contributed by atoms with E-state index < -0.39 is 28.4 Å². The fourth-order valence-corrected chi connectivity index (χ4v) is 3.83. The lowest BCUT2D eigenvalue weighted by Crippen LogP contribution is -2.30. The number of nitrogens with one attached hydrogen (secondary N) is 1. The van der Waals surface area contributed by atoms with Crippen LogP contribution in [-0.4, -0.2) is 39.6 Å². The molecule has 0 saturated heterocycles. The van der Waals surface area contributed by atoms with Crippen molar-refractivity contribution in [2.75, 3.05) is 13.4 Å². The van der Waals surface area contributed by atoms with Gasteiger partial charge in [0.1, 0.15) is 0 Å². The van der Waals surface area contributed by atoms with Crippen LogP contribution < -0.4 is 14.2 Å². The van der Waals surface area contributed by atoms with Crippen LogP contribution in [-0.2, 0) is 14.8 Å². The molecule has 1 aliphatic heterocycles. The molecule has 0 saturated carbocycles. The number of carbonyl (C=O) groups is 2. The first-order valence-corrected chi connectivity index (χ1v) is 9.97. The first-order chi connectivity index (χ1) is 13.3. The van der Waals surface area contributed by atoms with Crippen LogP contribution in [0.25, 0.3) is 0 Å². The van der Waals surface area contributed by atoms with Crippen molar-refractivity contribution in [2.45, 2.75) is 24.8 Å². The third-order valence-corrected chi connectivity index (χ3v) is 5.46. The molecule has 8 nitrogen and oxygen atoms in total. The van der Waals surface area contributed by atoms with Crippen LogP contribution in [0, 0.1) is 0 Å². The number of hydrogen-bond donors (Lipinski definition) is 1. The number of Topliss-reactive ketones (excluding diaryl/α,β-unsaturated/α-hetero) is 1. The first-order valence-electron chi connectivity index (χ1n) is 8.48. The van der Waals surface area contributed by atoms with Gasteiger partial charge in [0.05, 0.1) is 10.5 Å². The number of benzene rings is 2. The van der Waals surface area contributed by atoms with Crippen LogP contribution in [0.2, 0.25) is 0 Å². The van der Waals surface area contributed by atoms with E-state index in [9.17, 15) is 18.0 Å². The number of fused-ring (bicyclic) bond motifs is 1. The molecule has 0 radical (unpaired) electrons. The lowest BCUT2D eigenvalue weighted by Gasteiger charge is -2.10. The Morgan fingerprint density at radius 1 is 1.07 bits per heavy atom. The van der Waals surface area contributed by atoms with E-state index >= 15 is 0 Å². The highest BCUT2D eigenvalue weighted by molar-refractivity contribution is 7.89. The van der Waals surface area contributed by atoms with Crippen molar-refractivity contribution in [1.82, 2.24) is 4.72 Å². The number of rotatable bonds is 7. The monoisotopic (exact) mass is 405 g/mol. The van der Waals surface area contributed by atoms with E-state index in [2.05, 4.69) is 4.72 Å². The second-order valence-electron chi connectivity index (χ2n) is 6.37. The second-order valence-corrected chi connectivity index (χ2v) is 8.09. The average Bonchev–Trinajstić information content (AvgIpc) is 3.12. The fourth-order valence-electron chi connectivity index (χ4n) is 2.54. The molecule has 1 aliphatic rings. The Morgan fingerprint density at radius 2 is 1.82 bits per heavy atom. The topological polar surface area (TPSA) is 108 Å². The Morgan fingerprint density at radius 3 is 2.57 bits per heavy atom. The van der Waals surface area contributed by atoms with Gasteiger partial charge in [0.2, 0.25) is 16.8 Å². The van der Waals surface area contributed by atoms with Crippen LogP contribution in [0.3, 0.4) is 0 Å². The van der Waals surface area contributed by atoms with E-state index in [1.807, 2.05) is 0 Å². The van der Waals surface area contributed by atoms with Crippen molar-refractivity contribution >= 4 is 21.8 Å². The summed E-state index contributed by atoms with van der Waals surface area (Å²) in [6, 6.07) is 9.81. The standard InChI is InChI=1S/C19H19NO7S/c1-12(2)20-28(23,24)15-5-3-4-14(8-15)19(22)25-10-16(21)13-6-7-17-18(9-13)27-11-26-17/h3-9,12,20H,10-11H2,1-2H3. The van der Waals surface area contributed by atoms with Crippen molar-refractivity contribution in [3.8, 4) is 11.5 Å². The van der Waals surface area contributed by atoms with E-state index in [0.29, 0.717) is 17.1 Å². The summed E-state index contributed by atoms with van der Waals surface area (Å²) in [5.41, 5.74) is 0.347. The largest absolute Gasteiger partial charge is 0.454 e. The molecular formula is C19H19NO7S. The molecule has 28 heavy (non-hydrogen) atoms. The molecule has 1 N–H and O–H groups in total. The van der Waals surface area contributed by atoms with E-state index in [1.165, 1.54) is 30.3 Å². The molecule has 2 aromatic carbocycles. The third-order valence-electron chi connectivity index (χ3n) is 3.80. The van der Waals surface area contributed by atoms with Crippen molar-refractivity contribution < 1.29 is 32.2 Å². The molecule has 9 heteroatoms. The Hall–Kier alpha value is -2.91. The Bertz CT molecular complexity index is 1010. The molecule has 0 amide bonds. The Labute approximate surface area is 162 Å². The van der Waals surface area contributed by atoms with Crippen LogP contribution in [0.4, 0.5) is 0 Å². The Balaban J connectivity index is 1.66. The molecule has 0 aliphatic carbocycles. The summed E-state index contributed by atoms with van der Waals surface area (Å²) in [7, 11) is -3.75. The maximum absolute atomic E-state index is 12.2. The van der Waals surface area contributed by atoms with Crippen LogP contribution in [0.5, 0.6) is 11.5 Å². The van der Waals surface area contributed by atoms with Crippen LogP contribution in [0.15, 0.2) is 47.4 Å². The summed E-state index contributed by atoms with van der Waals surface area (Å²) in [6.07, 6.45) is 0. The molecule has 0 atom stereocenters. The summed E-state index contributed by atoms with van der Waals surface area (Å²) in [5.74, 6) is -0.220. The molecule has 148 valence electrons. The van der Waals surface area contributed by atoms with E-state index in [4.69, 9.17) is 14.2 Å². The number of esters is 1.